The van der Waals surface area contributed by atoms with Crippen molar-refractivity contribution in [3.05, 3.63) is 18.0 Å². The summed E-state index contributed by atoms with van der Waals surface area (Å²) in [6.45, 7) is 4.68. The van der Waals surface area contributed by atoms with Gasteiger partial charge in [-0.25, -0.2) is 14.8 Å². The second-order valence-electron chi connectivity index (χ2n) is 4.58. The zero-order chi connectivity index (χ0) is 14.6. The highest BCUT2D eigenvalue weighted by atomic mass is 16.5. The van der Waals surface area contributed by atoms with Crippen molar-refractivity contribution in [3.8, 4) is 0 Å². The third kappa shape index (κ3) is 3.04. The maximum absolute atomic E-state index is 12.1. The van der Waals surface area contributed by atoms with Crippen LogP contribution >= 0.6 is 0 Å². The molecule has 7 heteroatoms. The number of carbonyl (C=O) groups is 2. The fourth-order valence-electron chi connectivity index (χ4n) is 1.76. The van der Waals surface area contributed by atoms with Gasteiger partial charge in [-0.1, -0.05) is 0 Å². The van der Waals surface area contributed by atoms with E-state index in [9.17, 15) is 9.59 Å². The van der Waals surface area contributed by atoms with Gasteiger partial charge in [0, 0.05) is 18.9 Å². The number of hydrogen-bond acceptors (Lipinski definition) is 6. The van der Waals surface area contributed by atoms with E-state index in [0.717, 1.165) is 0 Å². The van der Waals surface area contributed by atoms with Crippen LogP contribution in [0.1, 0.15) is 37.0 Å². The van der Waals surface area contributed by atoms with Gasteiger partial charge >= 0.3 is 5.97 Å². The van der Waals surface area contributed by atoms with E-state index in [-0.39, 0.29) is 11.9 Å². The maximum atomic E-state index is 12.1. The Labute approximate surface area is 117 Å². The van der Waals surface area contributed by atoms with E-state index in [2.05, 4.69) is 20.6 Å². The Morgan fingerprint density at radius 2 is 1.95 bits per heavy atom. The molecule has 0 spiro atoms. The molecule has 1 amide bonds. The lowest BCUT2D eigenvalue weighted by molar-refractivity contribution is -0.146. The van der Waals surface area contributed by atoms with Crippen molar-refractivity contribution in [2.24, 2.45) is 0 Å². The van der Waals surface area contributed by atoms with Gasteiger partial charge in [0.05, 0.1) is 12.2 Å². The molecule has 0 aliphatic heterocycles. The fourth-order valence-corrected chi connectivity index (χ4v) is 1.76. The van der Waals surface area contributed by atoms with Crippen molar-refractivity contribution < 1.29 is 14.3 Å². The highest BCUT2D eigenvalue weighted by molar-refractivity contribution is 5.98. The average molecular weight is 278 g/mol. The normalized spacial score (nSPS) is 15.3. The Balaban J connectivity index is 1.99. The summed E-state index contributed by atoms with van der Waals surface area (Å²) >= 11 is 0. The summed E-state index contributed by atoms with van der Waals surface area (Å²) in [4.78, 5) is 31.9. The van der Waals surface area contributed by atoms with Gasteiger partial charge in [0.25, 0.3) is 5.91 Å². The minimum absolute atomic E-state index is 0.303. The first kappa shape index (κ1) is 14.2. The van der Waals surface area contributed by atoms with Crippen LogP contribution in [0.15, 0.2) is 12.4 Å². The van der Waals surface area contributed by atoms with E-state index in [1.54, 1.807) is 6.92 Å². The van der Waals surface area contributed by atoms with Crippen LogP contribution in [0, 0.1) is 0 Å². The van der Waals surface area contributed by atoms with E-state index in [0.29, 0.717) is 37.5 Å². The van der Waals surface area contributed by atoms with E-state index in [1.807, 2.05) is 6.92 Å². The Morgan fingerprint density at radius 1 is 1.30 bits per heavy atom. The summed E-state index contributed by atoms with van der Waals surface area (Å²) in [7, 11) is 0. The number of esters is 1. The second-order valence-corrected chi connectivity index (χ2v) is 4.58. The SMILES string of the molecule is CCNc1ncc(C(=O)NC2(C(=O)OCC)CC2)cn1. The van der Waals surface area contributed by atoms with Crippen molar-refractivity contribution in [3.63, 3.8) is 0 Å². The highest BCUT2D eigenvalue weighted by Gasteiger charge is 2.52. The second kappa shape index (κ2) is 5.85. The van der Waals surface area contributed by atoms with Gasteiger partial charge in [-0.05, 0) is 26.7 Å². The molecule has 0 bridgehead atoms. The molecule has 1 heterocycles. The molecule has 0 atom stereocenters. The van der Waals surface area contributed by atoms with Crippen LogP contribution in [-0.4, -0.2) is 40.5 Å². The topological polar surface area (TPSA) is 93.2 Å². The molecule has 1 fully saturated rings. The number of ether oxygens (including phenoxy) is 1. The van der Waals surface area contributed by atoms with E-state index in [4.69, 9.17) is 4.74 Å². The third-order valence-electron chi connectivity index (χ3n) is 3.02. The molecule has 20 heavy (non-hydrogen) atoms. The van der Waals surface area contributed by atoms with Gasteiger partial charge in [-0.3, -0.25) is 4.79 Å². The van der Waals surface area contributed by atoms with Gasteiger partial charge in [0.15, 0.2) is 0 Å². The molecule has 0 saturated heterocycles. The Hall–Kier alpha value is -2.18. The number of carbonyl (C=O) groups excluding carboxylic acids is 2. The van der Waals surface area contributed by atoms with Crippen molar-refractivity contribution in [2.45, 2.75) is 32.2 Å². The number of hydrogen-bond donors (Lipinski definition) is 2. The van der Waals surface area contributed by atoms with Crippen LogP contribution in [0.5, 0.6) is 0 Å². The van der Waals surface area contributed by atoms with Crippen molar-refractivity contribution in [1.29, 1.82) is 0 Å². The Kier molecular flexibility index (Phi) is 4.16. The number of nitrogens with zero attached hydrogens (tertiary/aromatic N) is 2. The molecule has 0 aromatic carbocycles. The van der Waals surface area contributed by atoms with Crippen LogP contribution in [0.25, 0.3) is 0 Å². The first-order valence-corrected chi connectivity index (χ1v) is 6.67. The van der Waals surface area contributed by atoms with Crippen LogP contribution in [-0.2, 0) is 9.53 Å². The molecule has 1 aromatic rings. The number of aromatic nitrogens is 2. The van der Waals surface area contributed by atoms with Crippen LogP contribution in [0.2, 0.25) is 0 Å². The van der Waals surface area contributed by atoms with Gasteiger partial charge in [-0.2, -0.15) is 0 Å². The molecular weight excluding hydrogens is 260 g/mol. The molecule has 1 aliphatic carbocycles. The zero-order valence-electron chi connectivity index (χ0n) is 11.6. The molecule has 108 valence electrons. The Bertz CT molecular complexity index is 497. The lowest BCUT2D eigenvalue weighted by atomic mass is 10.2. The monoisotopic (exact) mass is 278 g/mol. The molecule has 7 nitrogen and oxygen atoms in total. The van der Waals surface area contributed by atoms with Gasteiger partial charge < -0.3 is 15.4 Å². The highest BCUT2D eigenvalue weighted by Crippen LogP contribution is 2.36. The number of rotatable bonds is 6. The van der Waals surface area contributed by atoms with Crippen LogP contribution in [0.4, 0.5) is 5.95 Å². The van der Waals surface area contributed by atoms with Gasteiger partial charge in [-0.15, -0.1) is 0 Å². The Morgan fingerprint density at radius 3 is 2.45 bits per heavy atom. The van der Waals surface area contributed by atoms with Crippen molar-refractivity contribution >= 4 is 17.8 Å². The predicted molar refractivity (Wildman–Crippen MR) is 72.3 cm³/mol. The summed E-state index contributed by atoms with van der Waals surface area (Å²) in [5.41, 5.74) is -0.532. The lowest BCUT2D eigenvalue weighted by Gasteiger charge is -2.15. The van der Waals surface area contributed by atoms with Gasteiger partial charge in [0.2, 0.25) is 5.95 Å². The zero-order valence-corrected chi connectivity index (χ0v) is 11.6. The number of anilines is 1. The molecule has 1 saturated carbocycles. The summed E-state index contributed by atoms with van der Waals surface area (Å²) < 4.78 is 4.96. The first-order chi connectivity index (χ1) is 9.61. The number of nitrogens with one attached hydrogen (secondary N) is 2. The van der Waals surface area contributed by atoms with Gasteiger partial charge in [0.1, 0.15) is 5.54 Å². The van der Waals surface area contributed by atoms with Crippen molar-refractivity contribution in [2.75, 3.05) is 18.5 Å². The standard InChI is InChI=1S/C13H18N4O3/c1-3-14-12-15-7-9(8-16-12)10(18)17-13(5-6-13)11(19)20-4-2/h7-8H,3-6H2,1-2H3,(H,17,18)(H,14,15,16). The van der Waals surface area contributed by atoms with Crippen LogP contribution in [0.3, 0.4) is 0 Å². The smallest absolute Gasteiger partial charge is 0.331 e. The fraction of sp³-hybridized carbons (Fsp3) is 0.538. The molecule has 2 N–H and O–H groups in total. The first-order valence-electron chi connectivity index (χ1n) is 6.67. The van der Waals surface area contributed by atoms with E-state index < -0.39 is 5.54 Å². The molecule has 1 aromatic heterocycles. The van der Waals surface area contributed by atoms with Crippen molar-refractivity contribution in [1.82, 2.24) is 15.3 Å². The molecular formula is C13H18N4O3. The largest absolute Gasteiger partial charge is 0.464 e. The summed E-state index contributed by atoms with van der Waals surface area (Å²) in [6, 6.07) is 0. The van der Waals surface area contributed by atoms with E-state index >= 15 is 0 Å². The third-order valence-corrected chi connectivity index (χ3v) is 3.02. The minimum Gasteiger partial charge on any atom is -0.464 e. The number of amides is 1. The molecule has 2 rings (SSSR count). The summed E-state index contributed by atoms with van der Waals surface area (Å²) in [6.07, 6.45) is 4.07. The van der Waals surface area contributed by atoms with Crippen LogP contribution < -0.4 is 10.6 Å². The average Bonchev–Trinajstić information content (AvgIpc) is 3.21. The maximum Gasteiger partial charge on any atom is 0.331 e. The summed E-state index contributed by atoms with van der Waals surface area (Å²) in [5, 5.41) is 5.65. The quantitative estimate of drug-likeness (QED) is 0.745. The summed E-state index contributed by atoms with van der Waals surface area (Å²) in [5.74, 6) is -0.271. The molecule has 1 aliphatic rings. The molecule has 0 radical (unpaired) electrons. The lowest BCUT2D eigenvalue weighted by Crippen LogP contribution is -2.44. The molecule has 0 unspecified atom stereocenters. The minimum atomic E-state index is -0.854. The predicted octanol–water partition coefficient (Wildman–Crippen LogP) is 0.734. The van der Waals surface area contributed by atoms with E-state index in [1.165, 1.54) is 12.4 Å².